The highest BCUT2D eigenvalue weighted by Gasteiger charge is 2.11. The smallest absolute Gasteiger partial charge is 0.346 e. The lowest BCUT2D eigenvalue weighted by atomic mass is 10.2. The maximum Gasteiger partial charge on any atom is 0.346 e. The quantitative estimate of drug-likeness (QED) is 0.601. The van der Waals surface area contributed by atoms with E-state index in [1.54, 1.807) is 6.20 Å². The Morgan fingerprint density at radius 3 is 3.17 bits per heavy atom. The number of hydrogen-bond acceptors (Lipinski definition) is 7. The van der Waals surface area contributed by atoms with E-state index in [-0.39, 0.29) is 18.8 Å². The van der Waals surface area contributed by atoms with Crippen LogP contribution in [0.3, 0.4) is 0 Å². The van der Waals surface area contributed by atoms with Gasteiger partial charge in [0.25, 0.3) is 0 Å². The van der Waals surface area contributed by atoms with Gasteiger partial charge in [-0.1, -0.05) is 11.8 Å². The average molecular weight is 426 g/mol. The first-order chi connectivity index (χ1) is 14.7. The molecule has 0 saturated carbocycles. The number of nitrogens with two attached hydrogens (primary N) is 1. The molecule has 0 fully saturated rings. The van der Waals surface area contributed by atoms with E-state index in [9.17, 15) is 9.18 Å². The largest absolute Gasteiger partial charge is 0.488 e. The molecule has 0 bridgehead atoms. The van der Waals surface area contributed by atoms with Crippen molar-refractivity contribution in [1.29, 1.82) is 0 Å². The Morgan fingerprint density at radius 1 is 1.43 bits per heavy atom. The Labute approximate surface area is 175 Å². The van der Waals surface area contributed by atoms with Crippen molar-refractivity contribution in [2.75, 3.05) is 25.0 Å². The van der Waals surface area contributed by atoms with Gasteiger partial charge in [-0.05, 0) is 17.7 Å². The highest BCUT2D eigenvalue weighted by molar-refractivity contribution is 7.12. The molecule has 154 valence electrons. The van der Waals surface area contributed by atoms with Crippen LogP contribution in [-0.2, 0) is 13.1 Å². The molecule has 0 aliphatic carbocycles. The van der Waals surface area contributed by atoms with Gasteiger partial charge >= 0.3 is 5.69 Å². The molecule has 4 rings (SSSR count). The molecule has 0 unspecified atom stereocenters. The molecular formula is C20H19FN6O2S. The van der Waals surface area contributed by atoms with Crippen molar-refractivity contribution in [2.24, 2.45) is 5.73 Å². The molecule has 1 aliphatic rings. The van der Waals surface area contributed by atoms with Crippen molar-refractivity contribution >= 4 is 17.2 Å². The molecular weight excluding hydrogens is 407 g/mol. The highest BCUT2D eigenvalue weighted by Crippen LogP contribution is 2.25. The van der Waals surface area contributed by atoms with Crippen molar-refractivity contribution < 1.29 is 9.13 Å². The van der Waals surface area contributed by atoms with Crippen LogP contribution >= 0.6 is 11.3 Å². The fourth-order valence-corrected chi connectivity index (χ4v) is 3.70. The second-order valence-corrected chi connectivity index (χ2v) is 7.70. The van der Waals surface area contributed by atoms with Crippen LogP contribution in [0.1, 0.15) is 15.3 Å². The lowest BCUT2D eigenvalue weighted by Gasteiger charge is -2.17. The Hall–Kier alpha value is -3.42. The minimum Gasteiger partial charge on any atom is -0.488 e. The van der Waals surface area contributed by atoms with Crippen LogP contribution in [0.15, 0.2) is 47.4 Å². The lowest BCUT2D eigenvalue weighted by molar-refractivity contribution is 0.321. The molecule has 30 heavy (non-hydrogen) atoms. The van der Waals surface area contributed by atoms with Crippen molar-refractivity contribution in [3.8, 4) is 17.6 Å². The van der Waals surface area contributed by atoms with Crippen LogP contribution in [0.4, 0.5) is 10.2 Å². The topological polar surface area (TPSA) is 100.0 Å². The zero-order chi connectivity index (χ0) is 20.9. The molecule has 10 heteroatoms. The number of rotatable bonds is 5. The van der Waals surface area contributed by atoms with Crippen LogP contribution in [0.5, 0.6) is 5.75 Å². The Morgan fingerprint density at radius 2 is 2.33 bits per heavy atom. The maximum atomic E-state index is 12.7. The third-order valence-corrected chi connectivity index (χ3v) is 5.37. The first-order valence-corrected chi connectivity index (χ1v) is 10.1. The summed E-state index contributed by atoms with van der Waals surface area (Å²) in [6.07, 6.45) is 3.56. The second-order valence-electron chi connectivity index (χ2n) is 6.53. The molecule has 0 spiro atoms. The molecule has 3 aromatic rings. The summed E-state index contributed by atoms with van der Waals surface area (Å²) >= 11 is 1.49. The van der Waals surface area contributed by atoms with Crippen LogP contribution in [-0.4, -0.2) is 39.0 Å². The molecule has 0 saturated heterocycles. The number of thiophene rings is 1. The van der Waals surface area contributed by atoms with Gasteiger partial charge in [0.1, 0.15) is 12.9 Å². The van der Waals surface area contributed by atoms with Gasteiger partial charge in [-0.2, -0.15) is 5.10 Å². The number of hydrogen-bond donors (Lipinski definition) is 2. The van der Waals surface area contributed by atoms with Gasteiger partial charge in [-0.15, -0.1) is 11.3 Å². The minimum absolute atomic E-state index is 0.0329. The number of halogens is 1. The van der Waals surface area contributed by atoms with Crippen LogP contribution < -0.4 is 21.5 Å². The van der Waals surface area contributed by atoms with E-state index >= 15 is 0 Å². The van der Waals surface area contributed by atoms with E-state index in [1.807, 2.05) is 18.2 Å². The number of anilines is 1. The maximum absolute atomic E-state index is 12.7. The first-order valence-electron chi connectivity index (χ1n) is 9.24. The summed E-state index contributed by atoms with van der Waals surface area (Å²) in [5.41, 5.74) is 6.18. The molecule has 1 aliphatic heterocycles. The van der Waals surface area contributed by atoms with Crippen molar-refractivity contribution in [3.05, 3.63) is 68.4 Å². The molecule has 4 heterocycles. The highest BCUT2D eigenvalue weighted by atomic mass is 32.1. The van der Waals surface area contributed by atoms with Gasteiger partial charge in [0.15, 0.2) is 11.6 Å². The van der Waals surface area contributed by atoms with Crippen molar-refractivity contribution in [3.63, 3.8) is 0 Å². The minimum atomic E-state index is -0.322. The van der Waals surface area contributed by atoms with Crippen LogP contribution in [0.25, 0.3) is 0 Å². The van der Waals surface area contributed by atoms with Crippen molar-refractivity contribution in [1.82, 2.24) is 19.3 Å². The van der Waals surface area contributed by atoms with E-state index in [1.165, 1.54) is 26.9 Å². The average Bonchev–Trinajstić information content (AvgIpc) is 3.37. The molecule has 0 amide bonds. The normalized spacial score (nSPS) is 13.1. The predicted octanol–water partition coefficient (Wildman–Crippen LogP) is 1.57. The number of ether oxygens (including phenoxy) is 1. The molecule has 0 aromatic carbocycles. The van der Waals surface area contributed by atoms with E-state index in [4.69, 9.17) is 10.5 Å². The monoisotopic (exact) mass is 426 g/mol. The Balaban J connectivity index is 1.45. The van der Waals surface area contributed by atoms with E-state index < -0.39 is 0 Å². The van der Waals surface area contributed by atoms with Crippen LogP contribution in [0.2, 0.25) is 0 Å². The SMILES string of the molecule is NC/C(=C\F)Cn1ncn(Cc2ccc(C#Cc3cnc4c(c3)OCCN4)s2)c1=O. The van der Waals surface area contributed by atoms with Gasteiger partial charge < -0.3 is 15.8 Å². The van der Waals surface area contributed by atoms with Gasteiger partial charge in [0, 0.05) is 29.2 Å². The summed E-state index contributed by atoms with van der Waals surface area (Å²) in [4.78, 5) is 18.5. The summed E-state index contributed by atoms with van der Waals surface area (Å²) < 4.78 is 20.9. The number of aromatic nitrogens is 4. The zero-order valence-corrected chi connectivity index (χ0v) is 16.8. The molecule has 3 aromatic heterocycles. The molecule has 3 N–H and O–H groups in total. The van der Waals surface area contributed by atoms with Gasteiger partial charge in [-0.3, -0.25) is 4.57 Å². The van der Waals surface area contributed by atoms with Crippen molar-refractivity contribution in [2.45, 2.75) is 13.1 Å². The predicted molar refractivity (Wildman–Crippen MR) is 112 cm³/mol. The fraction of sp³-hybridized carbons (Fsp3) is 0.250. The number of nitrogens with one attached hydrogen (secondary N) is 1. The zero-order valence-electron chi connectivity index (χ0n) is 16.0. The second kappa shape index (κ2) is 8.94. The van der Waals surface area contributed by atoms with Gasteiger partial charge in [0.05, 0.1) is 30.8 Å². The molecule has 0 radical (unpaired) electrons. The summed E-state index contributed by atoms with van der Waals surface area (Å²) in [6, 6.07) is 5.69. The summed E-state index contributed by atoms with van der Waals surface area (Å²) in [5, 5.41) is 7.19. The Bertz CT molecular complexity index is 1200. The number of fused-ring (bicyclic) bond motifs is 1. The van der Waals surface area contributed by atoms with E-state index in [2.05, 4.69) is 27.2 Å². The van der Waals surface area contributed by atoms with Gasteiger partial charge in [-0.25, -0.2) is 18.9 Å². The third kappa shape index (κ3) is 4.42. The van der Waals surface area contributed by atoms with E-state index in [0.717, 1.165) is 27.7 Å². The van der Waals surface area contributed by atoms with Crippen LogP contribution in [0, 0.1) is 11.8 Å². The summed E-state index contributed by atoms with van der Waals surface area (Å²) in [6.45, 7) is 1.78. The third-order valence-electron chi connectivity index (χ3n) is 4.39. The molecule has 8 nitrogen and oxygen atoms in total. The first kappa shape index (κ1) is 19.9. The number of nitrogens with zero attached hydrogens (tertiary/aromatic N) is 4. The number of pyridine rings is 1. The molecule has 0 atom stereocenters. The summed E-state index contributed by atoms with van der Waals surface area (Å²) in [7, 11) is 0. The Kier molecular flexibility index (Phi) is 5.92. The summed E-state index contributed by atoms with van der Waals surface area (Å²) in [5.74, 6) is 7.64. The van der Waals surface area contributed by atoms with Gasteiger partial charge in [0.2, 0.25) is 0 Å². The van der Waals surface area contributed by atoms with E-state index in [0.29, 0.717) is 30.8 Å². The fourth-order valence-electron chi connectivity index (χ4n) is 2.84. The lowest BCUT2D eigenvalue weighted by Crippen LogP contribution is -2.26. The standard InChI is InChI=1S/C20H19FN6O2S/c21-8-15(9-22)11-27-20(28)26(13-25-27)12-17-4-3-16(30-17)2-1-14-7-18-19(24-10-14)23-5-6-29-18/h3-4,7-8,10,13H,5-6,9,11-12,22H2,(H,23,24)/b15-8+.